The molecule has 1 fully saturated rings. The van der Waals surface area contributed by atoms with Gasteiger partial charge in [-0.1, -0.05) is 0 Å². The monoisotopic (exact) mass is 289 g/mol. The topological polar surface area (TPSA) is 110 Å². The molecular formula is C10H10F3N5O2. The zero-order valence-corrected chi connectivity index (χ0v) is 9.98. The van der Waals surface area contributed by atoms with E-state index in [1.165, 1.54) is 0 Å². The number of anilines is 1. The third kappa shape index (κ3) is 1.42. The lowest BCUT2D eigenvalue weighted by Gasteiger charge is -2.48. The molecular weight excluding hydrogens is 279 g/mol. The molecule has 0 amide bonds. The van der Waals surface area contributed by atoms with Crippen LogP contribution in [0.4, 0.5) is 19.1 Å². The van der Waals surface area contributed by atoms with Crippen LogP contribution in [0.3, 0.4) is 0 Å². The van der Waals surface area contributed by atoms with Gasteiger partial charge in [-0.15, -0.1) is 0 Å². The third-order valence-electron chi connectivity index (χ3n) is 3.57. The van der Waals surface area contributed by atoms with Crippen molar-refractivity contribution < 1.29 is 18.3 Å². The first kappa shape index (κ1) is 12.9. The summed E-state index contributed by atoms with van der Waals surface area (Å²) in [6.45, 7) is -1.28. The molecule has 1 saturated carbocycles. The predicted octanol–water partition coefficient (Wildman–Crippen LogP) is -0.0175. The molecule has 3 rings (SSSR count). The van der Waals surface area contributed by atoms with Gasteiger partial charge >= 0.3 is 5.92 Å². The highest BCUT2D eigenvalue weighted by molar-refractivity contribution is 5.70. The van der Waals surface area contributed by atoms with Gasteiger partial charge in [-0.2, -0.15) is 4.98 Å². The summed E-state index contributed by atoms with van der Waals surface area (Å²) in [6.07, 6.45) is 0.387. The van der Waals surface area contributed by atoms with Gasteiger partial charge in [0.1, 0.15) is 6.04 Å². The second-order valence-electron chi connectivity index (χ2n) is 4.74. The Morgan fingerprint density at radius 2 is 2.25 bits per heavy atom. The number of nitrogens with zero attached hydrogens (tertiary/aromatic N) is 3. The van der Waals surface area contributed by atoms with Crippen LogP contribution in [0.2, 0.25) is 0 Å². The number of hydrogen-bond donors (Lipinski definition) is 3. The fourth-order valence-electron chi connectivity index (χ4n) is 2.35. The molecule has 0 unspecified atom stereocenters. The van der Waals surface area contributed by atoms with Crippen molar-refractivity contribution in [3.05, 3.63) is 16.7 Å². The second kappa shape index (κ2) is 3.72. The summed E-state index contributed by atoms with van der Waals surface area (Å²) < 4.78 is 42.2. The van der Waals surface area contributed by atoms with E-state index in [9.17, 15) is 18.0 Å². The Hall–Kier alpha value is -2.10. The third-order valence-corrected chi connectivity index (χ3v) is 3.57. The molecule has 2 atom stereocenters. The lowest BCUT2D eigenvalue weighted by atomic mass is 9.73. The molecule has 4 N–H and O–H groups in total. The fourth-order valence-corrected chi connectivity index (χ4v) is 2.35. The van der Waals surface area contributed by atoms with Crippen LogP contribution in [0.5, 0.6) is 0 Å². The number of imidazole rings is 1. The molecule has 2 aromatic heterocycles. The Labute approximate surface area is 109 Å². The van der Waals surface area contributed by atoms with Crippen molar-refractivity contribution in [2.75, 3.05) is 12.3 Å². The van der Waals surface area contributed by atoms with Crippen LogP contribution in [-0.4, -0.2) is 42.8 Å². The molecule has 0 spiro atoms. The van der Waals surface area contributed by atoms with Crippen molar-refractivity contribution in [1.82, 2.24) is 19.5 Å². The van der Waals surface area contributed by atoms with E-state index in [2.05, 4.69) is 15.0 Å². The van der Waals surface area contributed by atoms with Gasteiger partial charge in [-0.3, -0.25) is 9.78 Å². The van der Waals surface area contributed by atoms with Crippen molar-refractivity contribution in [3.8, 4) is 0 Å². The number of nitrogens with two attached hydrogens (primary N) is 1. The van der Waals surface area contributed by atoms with E-state index in [0.717, 1.165) is 10.9 Å². The summed E-state index contributed by atoms with van der Waals surface area (Å²) in [4.78, 5) is 21.1. The van der Waals surface area contributed by atoms with Gasteiger partial charge in [0.05, 0.1) is 12.9 Å². The molecule has 20 heavy (non-hydrogen) atoms. The normalized spacial score (nSPS) is 28.5. The van der Waals surface area contributed by atoms with Crippen LogP contribution in [0.25, 0.3) is 11.2 Å². The fraction of sp³-hybridized carbons (Fsp3) is 0.500. The molecule has 0 aliphatic heterocycles. The zero-order valence-electron chi connectivity index (χ0n) is 9.98. The first-order chi connectivity index (χ1) is 9.30. The van der Waals surface area contributed by atoms with Gasteiger partial charge in [0.2, 0.25) is 11.6 Å². The van der Waals surface area contributed by atoms with Crippen LogP contribution in [-0.2, 0) is 0 Å². The SMILES string of the molecule is Nc1nc2c(ncn2[C@@H]2C[C@](F)(CO)C2(F)F)c(=O)[nH]1. The van der Waals surface area contributed by atoms with Gasteiger partial charge in [-0.25, -0.2) is 18.2 Å². The molecule has 2 heterocycles. The highest BCUT2D eigenvalue weighted by atomic mass is 19.3. The molecule has 2 aromatic rings. The molecule has 0 bridgehead atoms. The van der Waals surface area contributed by atoms with E-state index >= 15 is 0 Å². The molecule has 0 aromatic carbocycles. The van der Waals surface area contributed by atoms with Crippen LogP contribution in [0.1, 0.15) is 12.5 Å². The number of aromatic nitrogens is 4. The maximum absolute atomic E-state index is 13.8. The molecule has 0 saturated heterocycles. The Balaban J connectivity index is 2.12. The van der Waals surface area contributed by atoms with E-state index in [-0.39, 0.29) is 17.1 Å². The number of hydrogen-bond acceptors (Lipinski definition) is 5. The number of aliphatic hydroxyl groups is 1. The van der Waals surface area contributed by atoms with Crippen LogP contribution >= 0.6 is 0 Å². The molecule has 1 aliphatic rings. The lowest BCUT2D eigenvalue weighted by molar-refractivity contribution is -0.258. The van der Waals surface area contributed by atoms with Crippen LogP contribution in [0.15, 0.2) is 11.1 Å². The van der Waals surface area contributed by atoms with Gasteiger partial charge in [0.25, 0.3) is 5.56 Å². The van der Waals surface area contributed by atoms with E-state index in [1.54, 1.807) is 0 Å². The van der Waals surface area contributed by atoms with E-state index in [1.807, 2.05) is 0 Å². The van der Waals surface area contributed by atoms with Gasteiger partial charge in [0, 0.05) is 6.42 Å². The van der Waals surface area contributed by atoms with E-state index < -0.39 is 36.2 Å². The minimum absolute atomic E-state index is 0.143. The number of aliphatic hydroxyl groups excluding tert-OH is 1. The number of alkyl halides is 3. The number of halogens is 3. The summed E-state index contributed by atoms with van der Waals surface area (Å²) in [5.74, 6) is -4.03. The number of fused-ring (bicyclic) bond motifs is 1. The van der Waals surface area contributed by atoms with Crippen molar-refractivity contribution in [2.24, 2.45) is 0 Å². The maximum Gasteiger partial charge on any atom is 0.304 e. The average molecular weight is 289 g/mol. The number of rotatable bonds is 2. The highest BCUT2D eigenvalue weighted by Gasteiger charge is 2.70. The molecule has 7 nitrogen and oxygen atoms in total. The van der Waals surface area contributed by atoms with Crippen molar-refractivity contribution in [2.45, 2.75) is 24.1 Å². The first-order valence-corrected chi connectivity index (χ1v) is 5.70. The standard InChI is InChI=1S/C10H10F3N5O2/c11-9(2-19)1-4(10(9,12)13)18-3-15-5-6(18)16-8(14)17-7(5)20/h3-4,19H,1-2H2,(H3,14,16,17,20)/t4-,9+/m1/s1. The molecule has 0 radical (unpaired) electrons. The predicted molar refractivity (Wildman–Crippen MR) is 62.1 cm³/mol. The largest absolute Gasteiger partial charge is 0.393 e. The number of nitrogen functional groups attached to an aromatic ring is 1. The van der Waals surface area contributed by atoms with Crippen LogP contribution < -0.4 is 11.3 Å². The van der Waals surface area contributed by atoms with E-state index in [4.69, 9.17) is 10.8 Å². The number of aromatic amines is 1. The van der Waals surface area contributed by atoms with E-state index in [0.29, 0.717) is 0 Å². The zero-order chi connectivity index (χ0) is 14.7. The van der Waals surface area contributed by atoms with Gasteiger partial charge < -0.3 is 15.4 Å². The quantitative estimate of drug-likeness (QED) is 0.720. The summed E-state index contributed by atoms with van der Waals surface area (Å²) in [7, 11) is 0. The average Bonchev–Trinajstić information content (AvgIpc) is 2.78. The maximum atomic E-state index is 13.8. The molecule has 1 aliphatic carbocycles. The van der Waals surface area contributed by atoms with Crippen molar-refractivity contribution in [1.29, 1.82) is 0 Å². The van der Waals surface area contributed by atoms with Crippen LogP contribution in [0, 0.1) is 0 Å². The Bertz CT molecular complexity index is 742. The smallest absolute Gasteiger partial charge is 0.304 e. The first-order valence-electron chi connectivity index (χ1n) is 5.70. The minimum atomic E-state index is -3.78. The number of nitrogens with one attached hydrogen (secondary N) is 1. The Kier molecular flexibility index (Phi) is 2.40. The molecule has 108 valence electrons. The van der Waals surface area contributed by atoms with Crippen molar-refractivity contribution in [3.63, 3.8) is 0 Å². The summed E-state index contributed by atoms with van der Waals surface area (Å²) in [5.41, 5.74) is 1.41. The lowest BCUT2D eigenvalue weighted by Crippen LogP contribution is -2.63. The summed E-state index contributed by atoms with van der Waals surface area (Å²) in [6, 6.07) is -1.57. The second-order valence-corrected chi connectivity index (χ2v) is 4.74. The van der Waals surface area contributed by atoms with Crippen molar-refractivity contribution >= 4 is 17.1 Å². The highest BCUT2D eigenvalue weighted by Crippen LogP contribution is 2.57. The minimum Gasteiger partial charge on any atom is -0.393 e. The van der Waals surface area contributed by atoms with Gasteiger partial charge in [0.15, 0.2) is 11.2 Å². The Morgan fingerprint density at radius 1 is 1.55 bits per heavy atom. The molecule has 10 heteroatoms. The Morgan fingerprint density at radius 3 is 2.85 bits per heavy atom. The summed E-state index contributed by atoms with van der Waals surface area (Å²) in [5, 5.41) is 8.73. The summed E-state index contributed by atoms with van der Waals surface area (Å²) >= 11 is 0. The van der Waals surface area contributed by atoms with Gasteiger partial charge in [-0.05, 0) is 0 Å². The number of H-pyrrole nitrogens is 1.